The summed E-state index contributed by atoms with van der Waals surface area (Å²) in [6.07, 6.45) is -1.41. The van der Waals surface area contributed by atoms with Gasteiger partial charge in [-0.3, -0.25) is 4.57 Å². The summed E-state index contributed by atoms with van der Waals surface area (Å²) in [5, 5.41) is 11.5. The van der Waals surface area contributed by atoms with Crippen LogP contribution in [0.5, 0.6) is 11.5 Å². The largest absolute Gasteiger partial charge is 0.697 e. The maximum absolute atomic E-state index is 12.6. The second-order valence-electron chi connectivity index (χ2n) is 9.81. The first-order valence-corrected chi connectivity index (χ1v) is 14.4. The van der Waals surface area contributed by atoms with Crippen LogP contribution in [0.15, 0.2) is 95.9 Å². The SMILES string of the molecule is COc1ccc(C(OC[C@H]2O[C@@H](n3ccc(N)nc3=O)C[C@]2(O)O[P+](=O)O)(c2ccccc2)c2ccc(OC)cc2)cc1. The Labute approximate surface area is 248 Å². The van der Waals surface area contributed by atoms with Crippen LogP contribution in [-0.4, -0.2) is 52.3 Å². The number of aromatic nitrogens is 2. The molecule has 0 radical (unpaired) electrons. The van der Waals surface area contributed by atoms with E-state index in [1.165, 1.54) is 12.3 Å². The number of rotatable bonds is 11. The summed E-state index contributed by atoms with van der Waals surface area (Å²) in [5.41, 5.74) is 5.81. The Hall–Kier alpha value is -4.16. The molecule has 1 aliphatic rings. The number of benzene rings is 3. The van der Waals surface area contributed by atoms with Gasteiger partial charge in [-0.2, -0.15) is 4.98 Å². The molecule has 224 valence electrons. The first-order chi connectivity index (χ1) is 20.7. The van der Waals surface area contributed by atoms with Crippen molar-refractivity contribution in [3.05, 3.63) is 118 Å². The van der Waals surface area contributed by atoms with Crippen LogP contribution >= 0.6 is 8.25 Å². The molecular weight excluding hydrogens is 577 g/mol. The van der Waals surface area contributed by atoms with Crippen molar-refractivity contribution in [3.8, 4) is 11.5 Å². The molecular formula is C30H31N3O9P+. The Morgan fingerprint density at radius 2 is 1.53 bits per heavy atom. The second kappa shape index (κ2) is 12.6. The summed E-state index contributed by atoms with van der Waals surface area (Å²) in [5.74, 6) is -1.01. The second-order valence-corrected chi connectivity index (χ2v) is 10.5. The molecule has 1 unspecified atom stereocenters. The highest BCUT2D eigenvalue weighted by molar-refractivity contribution is 7.32. The lowest BCUT2D eigenvalue weighted by Crippen LogP contribution is -2.45. The monoisotopic (exact) mass is 608 g/mol. The first kappa shape index (κ1) is 30.3. The van der Waals surface area contributed by atoms with Gasteiger partial charge in [0.05, 0.1) is 27.2 Å². The van der Waals surface area contributed by atoms with Crippen LogP contribution in [0.4, 0.5) is 5.82 Å². The van der Waals surface area contributed by atoms with E-state index in [0.717, 1.165) is 21.3 Å². The van der Waals surface area contributed by atoms with Crippen LogP contribution in [0.1, 0.15) is 29.3 Å². The molecule has 3 aromatic carbocycles. The molecule has 12 nitrogen and oxygen atoms in total. The number of aliphatic hydroxyl groups is 1. The van der Waals surface area contributed by atoms with Crippen molar-refractivity contribution < 1.29 is 38.0 Å². The number of methoxy groups -OCH3 is 2. The van der Waals surface area contributed by atoms with E-state index >= 15 is 0 Å². The average Bonchev–Trinajstić information content (AvgIpc) is 3.33. The number of anilines is 1. The molecule has 43 heavy (non-hydrogen) atoms. The lowest BCUT2D eigenvalue weighted by atomic mass is 9.80. The number of ether oxygens (including phenoxy) is 4. The highest BCUT2D eigenvalue weighted by Gasteiger charge is 2.56. The van der Waals surface area contributed by atoms with E-state index in [1.54, 1.807) is 38.5 Å². The van der Waals surface area contributed by atoms with E-state index in [0.29, 0.717) is 11.5 Å². The zero-order valence-electron chi connectivity index (χ0n) is 23.4. The molecule has 0 spiro atoms. The Balaban J connectivity index is 1.60. The summed E-state index contributed by atoms with van der Waals surface area (Å²) >= 11 is 0. The summed E-state index contributed by atoms with van der Waals surface area (Å²) in [4.78, 5) is 25.9. The van der Waals surface area contributed by atoms with Crippen molar-refractivity contribution in [1.29, 1.82) is 0 Å². The van der Waals surface area contributed by atoms with E-state index in [-0.39, 0.29) is 18.8 Å². The molecule has 0 bridgehead atoms. The van der Waals surface area contributed by atoms with Crippen LogP contribution in [0.2, 0.25) is 0 Å². The van der Waals surface area contributed by atoms with E-state index < -0.39 is 37.7 Å². The van der Waals surface area contributed by atoms with Gasteiger partial charge in [-0.15, -0.1) is 4.89 Å². The van der Waals surface area contributed by atoms with Gasteiger partial charge in [0.25, 0.3) is 5.79 Å². The number of hydrogen-bond acceptors (Lipinski definition) is 10. The van der Waals surface area contributed by atoms with E-state index in [4.69, 9.17) is 29.2 Å². The van der Waals surface area contributed by atoms with Crippen LogP contribution < -0.4 is 20.9 Å². The van der Waals surface area contributed by atoms with Crippen molar-refractivity contribution in [2.45, 2.75) is 30.1 Å². The van der Waals surface area contributed by atoms with E-state index in [1.807, 2.05) is 54.6 Å². The third kappa shape index (κ3) is 6.16. The molecule has 4 N–H and O–H groups in total. The molecule has 0 amide bonds. The summed E-state index contributed by atoms with van der Waals surface area (Å²) in [6.45, 7) is -0.333. The van der Waals surface area contributed by atoms with Gasteiger partial charge in [0, 0.05) is 10.8 Å². The minimum absolute atomic E-state index is 0.00991. The lowest BCUT2D eigenvalue weighted by molar-refractivity contribution is -0.198. The molecule has 2 heterocycles. The van der Waals surface area contributed by atoms with Crippen molar-refractivity contribution in [3.63, 3.8) is 0 Å². The quantitative estimate of drug-likeness (QED) is 0.130. The van der Waals surface area contributed by atoms with E-state index in [9.17, 15) is 19.4 Å². The van der Waals surface area contributed by atoms with Crippen molar-refractivity contribution in [2.24, 2.45) is 0 Å². The van der Waals surface area contributed by atoms with Crippen molar-refractivity contribution >= 4 is 14.1 Å². The zero-order valence-corrected chi connectivity index (χ0v) is 24.3. The molecule has 1 saturated heterocycles. The molecule has 1 aromatic heterocycles. The summed E-state index contributed by atoms with van der Waals surface area (Å²) in [7, 11) is -0.113. The Morgan fingerprint density at radius 3 is 2.05 bits per heavy atom. The summed E-state index contributed by atoms with van der Waals surface area (Å²) < 4.78 is 41.6. The van der Waals surface area contributed by atoms with Crippen LogP contribution in [0, 0.1) is 0 Å². The molecule has 5 rings (SSSR count). The van der Waals surface area contributed by atoms with Gasteiger partial charge in [-0.05, 0) is 47.0 Å². The van der Waals surface area contributed by atoms with Crippen LogP contribution in [0.25, 0.3) is 0 Å². The predicted octanol–water partition coefficient (Wildman–Crippen LogP) is 3.49. The highest BCUT2D eigenvalue weighted by Crippen LogP contribution is 2.46. The fourth-order valence-corrected chi connectivity index (χ4v) is 5.67. The normalized spacial score (nSPS) is 20.5. The highest BCUT2D eigenvalue weighted by atomic mass is 31.1. The van der Waals surface area contributed by atoms with Crippen LogP contribution in [-0.2, 0) is 24.2 Å². The van der Waals surface area contributed by atoms with Gasteiger partial charge in [-0.1, -0.05) is 59.1 Å². The number of nitrogen functional groups attached to an aromatic ring is 1. The standard InChI is InChI=1S/C30H30N3O9P/c1-38-23-12-8-21(9-13-23)30(20-6-4-3-5-7-20,22-10-14-24(39-2)15-11-22)40-19-25-29(35,42-43(36)37)18-27(41-25)33-17-16-26(31)32-28(33)34/h3-17,25,27,35H,18-19H2,1-2H3,(H2-,31,32,34,36,37)/p+1/t25-,27-,29+/m1/s1. The van der Waals surface area contributed by atoms with Gasteiger partial charge < -0.3 is 29.8 Å². The number of hydrogen-bond donors (Lipinski definition) is 3. The number of nitrogens with zero attached hydrogens (tertiary/aromatic N) is 2. The van der Waals surface area contributed by atoms with Gasteiger partial charge in [0.15, 0.2) is 0 Å². The molecule has 4 atom stereocenters. The van der Waals surface area contributed by atoms with Gasteiger partial charge in [-0.25, -0.2) is 4.79 Å². The van der Waals surface area contributed by atoms with E-state index in [2.05, 4.69) is 4.98 Å². The van der Waals surface area contributed by atoms with Crippen molar-refractivity contribution in [1.82, 2.24) is 9.55 Å². The minimum Gasteiger partial charge on any atom is -0.497 e. The van der Waals surface area contributed by atoms with Crippen LogP contribution in [0.3, 0.4) is 0 Å². The van der Waals surface area contributed by atoms with Gasteiger partial charge in [0.2, 0.25) is 0 Å². The average molecular weight is 609 g/mol. The molecule has 1 fully saturated rings. The summed E-state index contributed by atoms with van der Waals surface area (Å²) in [6, 6.07) is 25.5. The maximum atomic E-state index is 12.6. The molecule has 0 saturated carbocycles. The molecule has 1 aliphatic heterocycles. The molecule has 13 heteroatoms. The third-order valence-electron chi connectivity index (χ3n) is 7.31. The maximum Gasteiger partial charge on any atom is 0.697 e. The fourth-order valence-electron chi connectivity index (χ4n) is 5.21. The fraction of sp³-hybridized carbons (Fsp3) is 0.267. The molecule has 4 aromatic rings. The lowest BCUT2D eigenvalue weighted by Gasteiger charge is -2.37. The Morgan fingerprint density at radius 1 is 0.977 bits per heavy atom. The Kier molecular flexibility index (Phi) is 8.88. The van der Waals surface area contributed by atoms with Gasteiger partial charge >= 0.3 is 13.9 Å². The predicted molar refractivity (Wildman–Crippen MR) is 156 cm³/mol. The smallest absolute Gasteiger partial charge is 0.497 e. The molecule has 0 aliphatic carbocycles. The Bertz CT molecular complexity index is 1570. The van der Waals surface area contributed by atoms with Gasteiger partial charge in [0.1, 0.15) is 35.2 Å². The topological polar surface area (TPSA) is 165 Å². The van der Waals surface area contributed by atoms with Crippen molar-refractivity contribution in [2.75, 3.05) is 26.6 Å². The first-order valence-electron chi connectivity index (χ1n) is 13.2. The zero-order chi connectivity index (χ0) is 30.6. The third-order valence-corrected chi connectivity index (χ3v) is 7.79. The minimum atomic E-state index is -3.26. The number of nitrogens with two attached hydrogens (primary N) is 1.